The molecule has 0 saturated heterocycles. The van der Waals surface area contributed by atoms with Crippen molar-refractivity contribution in [3.05, 3.63) is 71.3 Å². The molecule has 2 rings (SSSR count). The van der Waals surface area contributed by atoms with E-state index in [1.54, 1.807) is 24.3 Å². The molecule has 2 aromatic rings. The van der Waals surface area contributed by atoms with E-state index in [0.29, 0.717) is 12.5 Å². The Morgan fingerprint density at radius 1 is 0.933 bits per heavy atom. The highest BCUT2D eigenvalue weighted by Gasteiger charge is 2.21. The quantitative estimate of drug-likeness (QED) is 0.504. The monoisotopic (exact) mass is 438 g/mol. The Bertz CT molecular complexity index is 718. The Labute approximate surface area is 185 Å². The molecule has 1 atom stereocenters. The Morgan fingerprint density at radius 2 is 1.40 bits per heavy atom. The lowest BCUT2D eigenvalue weighted by molar-refractivity contribution is -0.126. The van der Waals surface area contributed by atoms with Gasteiger partial charge in [-0.1, -0.05) is 38.1 Å². The van der Waals surface area contributed by atoms with Crippen LogP contribution in [0.15, 0.2) is 48.5 Å². The largest absolute Gasteiger partial charge is 0.355 e. The number of benzene rings is 2. The van der Waals surface area contributed by atoms with Gasteiger partial charge in [-0.05, 0) is 74.7 Å². The second-order valence-electron chi connectivity index (χ2n) is 8.20. The second kappa shape index (κ2) is 12.7. The number of rotatable bonds is 10. The number of hydrogen-bond acceptors (Lipinski definition) is 2. The predicted molar refractivity (Wildman–Crippen MR) is 121 cm³/mol. The zero-order valence-electron chi connectivity index (χ0n) is 18.2. The second-order valence-corrected chi connectivity index (χ2v) is 8.20. The zero-order chi connectivity index (χ0) is 21.4. The van der Waals surface area contributed by atoms with Crippen molar-refractivity contribution in [1.82, 2.24) is 10.2 Å². The molecule has 0 unspecified atom stereocenters. The van der Waals surface area contributed by atoms with E-state index in [-0.39, 0.29) is 41.9 Å². The van der Waals surface area contributed by atoms with Crippen molar-refractivity contribution in [2.75, 3.05) is 20.6 Å². The molecule has 3 nitrogen and oxygen atoms in total. The third-order valence-electron chi connectivity index (χ3n) is 5.13. The highest BCUT2D eigenvalue weighted by atomic mass is 35.5. The summed E-state index contributed by atoms with van der Waals surface area (Å²) < 4.78 is 26.7. The van der Waals surface area contributed by atoms with Crippen LogP contribution in [0.25, 0.3) is 0 Å². The van der Waals surface area contributed by atoms with Gasteiger partial charge in [-0.25, -0.2) is 8.78 Å². The Hall–Kier alpha value is -1.98. The summed E-state index contributed by atoms with van der Waals surface area (Å²) in [5.41, 5.74) is 1.96. The van der Waals surface area contributed by atoms with Gasteiger partial charge in [0.2, 0.25) is 5.91 Å². The van der Waals surface area contributed by atoms with Gasteiger partial charge in [-0.15, -0.1) is 12.4 Å². The average Bonchev–Trinajstić information content (AvgIpc) is 2.67. The lowest BCUT2D eigenvalue weighted by atomic mass is 9.87. The van der Waals surface area contributed by atoms with E-state index in [1.807, 2.05) is 19.0 Å². The van der Waals surface area contributed by atoms with Crippen molar-refractivity contribution in [1.29, 1.82) is 0 Å². The SMILES string of the molecule is CC(C)C[C@@H](C(=O)NCCCC(c1ccc(F)cc1)c1ccc(F)cc1)N(C)C.Cl. The van der Waals surface area contributed by atoms with Gasteiger partial charge in [0, 0.05) is 12.5 Å². The minimum atomic E-state index is -0.279. The fraction of sp³-hybridized carbons (Fsp3) is 0.458. The van der Waals surface area contributed by atoms with Gasteiger partial charge >= 0.3 is 0 Å². The van der Waals surface area contributed by atoms with Crippen LogP contribution >= 0.6 is 12.4 Å². The van der Waals surface area contributed by atoms with Crippen molar-refractivity contribution in [2.24, 2.45) is 5.92 Å². The Morgan fingerprint density at radius 3 is 1.80 bits per heavy atom. The van der Waals surface area contributed by atoms with Crippen LogP contribution in [0, 0.1) is 17.6 Å². The van der Waals surface area contributed by atoms with Gasteiger partial charge in [0.1, 0.15) is 11.6 Å². The van der Waals surface area contributed by atoms with Crippen molar-refractivity contribution in [3.63, 3.8) is 0 Å². The lowest BCUT2D eigenvalue weighted by Gasteiger charge is -2.25. The molecule has 1 N–H and O–H groups in total. The minimum absolute atomic E-state index is 0. The summed E-state index contributed by atoms with van der Waals surface area (Å²) in [4.78, 5) is 14.5. The smallest absolute Gasteiger partial charge is 0.237 e. The number of carbonyl (C=O) groups is 1. The molecule has 30 heavy (non-hydrogen) atoms. The molecule has 0 bridgehead atoms. The molecular weight excluding hydrogens is 406 g/mol. The van der Waals surface area contributed by atoms with Crippen LogP contribution in [-0.4, -0.2) is 37.5 Å². The van der Waals surface area contributed by atoms with Crippen LogP contribution in [0.2, 0.25) is 0 Å². The zero-order valence-corrected chi connectivity index (χ0v) is 19.0. The predicted octanol–water partition coefficient (Wildman–Crippen LogP) is 5.39. The molecule has 0 spiro atoms. The Kier molecular flexibility index (Phi) is 11.0. The molecule has 1 amide bonds. The van der Waals surface area contributed by atoms with Gasteiger partial charge in [0.05, 0.1) is 6.04 Å². The first kappa shape index (κ1) is 26.1. The lowest BCUT2D eigenvalue weighted by Crippen LogP contribution is -2.44. The average molecular weight is 439 g/mol. The van der Waals surface area contributed by atoms with E-state index in [4.69, 9.17) is 0 Å². The third-order valence-corrected chi connectivity index (χ3v) is 5.13. The van der Waals surface area contributed by atoms with Gasteiger partial charge in [0.15, 0.2) is 0 Å². The van der Waals surface area contributed by atoms with E-state index in [2.05, 4.69) is 19.2 Å². The number of hydrogen-bond donors (Lipinski definition) is 1. The van der Waals surface area contributed by atoms with Crippen molar-refractivity contribution in [2.45, 2.75) is 45.1 Å². The fourth-order valence-electron chi connectivity index (χ4n) is 3.55. The van der Waals surface area contributed by atoms with Crippen LogP contribution in [0.1, 0.15) is 50.2 Å². The molecule has 0 heterocycles. The van der Waals surface area contributed by atoms with Crippen LogP contribution in [-0.2, 0) is 4.79 Å². The normalized spacial score (nSPS) is 12.2. The van der Waals surface area contributed by atoms with E-state index in [9.17, 15) is 13.6 Å². The maximum Gasteiger partial charge on any atom is 0.237 e. The molecule has 0 radical (unpaired) electrons. The number of likely N-dealkylation sites (N-methyl/N-ethyl adjacent to an activating group) is 1. The molecule has 166 valence electrons. The highest BCUT2D eigenvalue weighted by Crippen LogP contribution is 2.29. The van der Waals surface area contributed by atoms with Gasteiger partial charge in [-0.2, -0.15) is 0 Å². The first-order valence-electron chi connectivity index (χ1n) is 10.2. The summed E-state index contributed by atoms with van der Waals surface area (Å²) in [5, 5.41) is 3.05. The van der Waals surface area contributed by atoms with Gasteiger partial charge in [-0.3, -0.25) is 9.69 Å². The van der Waals surface area contributed by atoms with Crippen LogP contribution in [0.4, 0.5) is 8.78 Å². The number of amides is 1. The summed E-state index contributed by atoms with van der Waals surface area (Å²) in [6.07, 6.45) is 2.36. The summed E-state index contributed by atoms with van der Waals surface area (Å²) in [7, 11) is 3.84. The van der Waals surface area contributed by atoms with Crippen molar-refractivity contribution < 1.29 is 13.6 Å². The maximum atomic E-state index is 13.3. The van der Waals surface area contributed by atoms with Crippen LogP contribution < -0.4 is 5.32 Å². The van der Waals surface area contributed by atoms with E-state index >= 15 is 0 Å². The molecule has 0 aliphatic rings. The molecule has 6 heteroatoms. The molecule has 2 aromatic carbocycles. The first-order chi connectivity index (χ1) is 13.8. The van der Waals surface area contributed by atoms with E-state index < -0.39 is 0 Å². The van der Waals surface area contributed by atoms with Crippen molar-refractivity contribution in [3.8, 4) is 0 Å². The summed E-state index contributed by atoms with van der Waals surface area (Å²) >= 11 is 0. The number of nitrogens with zero attached hydrogens (tertiary/aromatic N) is 1. The number of halogens is 3. The number of nitrogens with one attached hydrogen (secondary N) is 1. The van der Waals surface area contributed by atoms with Crippen LogP contribution in [0.3, 0.4) is 0 Å². The van der Waals surface area contributed by atoms with E-state index in [1.165, 1.54) is 24.3 Å². The molecular formula is C24H33ClF2N2O. The molecule has 0 aliphatic heterocycles. The molecule has 0 fully saturated rings. The highest BCUT2D eigenvalue weighted by molar-refractivity contribution is 5.85. The number of carbonyl (C=O) groups excluding carboxylic acids is 1. The maximum absolute atomic E-state index is 13.3. The standard InChI is InChI=1S/C24H32F2N2O.ClH/c1-17(2)16-23(28(3)4)24(29)27-15-5-6-22(18-7-11-20(25)12-8-18)19-9-13-21(26)14-10-19;/h7-14,17,22-23H,5-6,15-16H2,1-4H3,(H,27,29);1H/t23-;/m0./s1. The summed E-state index contributed by atoms with van der Waals surface area (Å²) in [6, 6.07) is 12.7. The molecule has 0 saturated carbocycles. The van der Waals surface area contributed by atoms with E-state index in [0.717, 1.165) is 30.4 Å². The summed E-state index contributed by atoms with van der Waals surface area (Å²) in [6.45, 7) is 4.79. The van der Waals surface area contributed by atoms with Crippen molar-refractivity contribution >= 4 is 18.3 Å². The fourth-order valence-corrected chi connectivity index (χ4v) is 3.55. The Balaban J connectivity index is 0.00000450. The topological polar surface area (TPSA) is 32.3 Å². The first-order valence-corrected chi connectivity index (χ1v) is 10.2. The van der Waals surface area contributed by atoms with Gasteiger partial charge < -0.3 is 5.32 Å². The minimum Gasteiger partial charge on any atom is -0.355 e. The molecule has 0 aliphatic carbocycles. The summed E-state index contributed by atoms with van der Waals surface area (Å²) in [5.74, 6) is -0.0517. The third kappa shape index (κ3) is 8.04. The van der Waals surface area contributed by atoms with Crippen LogP contribution in [0.5, 0.6) is 0 Å². The van der Waals surface area contributed by atoms with Gasteiger partial charge in [0.25, 0.3) is 0 Å². The molecule has 0 aromatic heterocycles.